The first-order valence-electron chi connectivity index (χ1n) is 11.9. The van der Waals surface area contributed by atoms with Crippen molar-refractivity contribution in [1.29, 1.82) is 0 Å². The average Bonchev–Trinajstić information content (AvgIpc) is 3.39. The maximum atomic E-state index is 13.2. The van der Waals surface area contributed by atoms with E-state index in [1.165, 1.54) is 5.69 Å². The minimum Gasteiger partial charge on any atom is -0.368 e. The van der Waals surface area contributed by atoms with Gasteiger partial charge in [-0.3, -0.25) is 9.69 Å². The number of para-hydroxylation sites is 3. The molecule has 1 aromatic heterocycles. The number of nitrogens with one attached hydrogen (secondary N) is 1. The molecule has 3 fully saturated rings. The second-order valence-electron chi connectivity index (χ2n) is 9.74. The number of carbonyl (C=O) groups excluding carboxylic acids is 1. The Balaban J connectivity index is 1.01. The van der Waals surface area contributed by atoms with Gasteiger partial charge in [0.1, 0.15) is 5.82 Å². The molecule has 0 unspecified atom stereocenters. The molecule has 6 nitrogen and oxygen atoms in total. The number of hydrogen-bond acceptors (Lipinski definition) is 4. The van der Waals surface area contributed by atoms with Gasteiger partial charge in [-0.2, -0.15) is 0 Å². The first kappa shape index (κ1) is 19.8. The Morgan fingerprint density at radius 2 is 1.66 bits per heavy atom. The van der Waals surface area contributed by atoms with E-state index in [4.69, 9.17) is 4.98 Å². The fourth-order valence-corrected chi connectivity index (χ4v) is 5.74. The number of rotatable bonds is 4. The van der Waals surface area contributed by atoms with Crippen LogP contribution >= 0.6 is 0 Å². The molecule has 1 N–H and O–H groups in total. The number of carbonyl (C=O) groups is 1. The number of benzene rings is 2. The first-order valence-corrected chi connectivity index (χ1v) is 11.9. The Labute approximate surface area is 189 Å². The van der Waals surface area contributed by atoms with Crippen molar-refractivity contribution in [2.45, 2.75) is 25.8 Å². The SMILES string of the molecule is O=C([C@H]1CC12CCN(Cc1nc3ccccc3[nH]1)CC2)N1CCN(c2ccccc2)CC1. The van der Waals surface area contributed by atoms with Gasteiger partial charge in [-0.05, 0) is 62.0 Å². The summed E-state index contributed by atoms with van der Waals surface area (Å²) in [5, 5.41) is 0. The van der Waals surface area contributed by atoms with Crippen LogP contribution in [0.1, 0.15) is 25.1 Å². The number of H-pyrrole nitrogens is 1. The van der Waals surface area contributed by atoms with E-state index in [2.05, 4.69) is 62.1 Å². The average molecular weight is 430 g/mol. The standard InChI is InChI=1S/C26H31N5O/c32-25(31-16-14-30(15-17-31)20-6-2-1-3-7-20)21-18-26(21)10-12-29(13-11-26)19-24-27-22-8-4-5-9-23(22)28-24/h1-9,21H,10-19H2,(H,27,28)/t21-/m1/s1. The van der Waals surface area contributed by atoms with E-state index in [9.17, 15) is 4.79 Å². The molecule has 1 aliphatic carbocycles. The number of likely N-dealkylation sites (tertiary alicyclic amines) is 1. The van der Waals surface area contributed by atoms with Crippen LogP contribution in [-0.2, 0) is 11.3 Å². The van der Waals surface area contributed by atoms with Gasteiger partial charge in [-0.25, -0.2) is 4.98 Å². The second kappa shape index (κ2) is 7.93. The van der Waals surface area contributed by atoms with E-state index >= 15 is 0 Å². The Kier molecular flexibility index (Phi) is 4.90. The minimum atomic E-state index is 0.249. The normalized spacial score (nSPS) is 23.1. The molecule has 2 aliphatic heterocycles. The molecule has 1 amide bonds. The molecule has 0 bridgehead atoms. The number of amides is 1. The summed E-state index contributed by atoms with van der Waals surface area (Å²) >= 11 is 0. The molecule has 3 heterocycles. The molecule has 3 aromatic rings. The number of aromatic amines is 1. The van der Waals surface area contributed by atoms with Gasteiger partial charge in [-0.1, -0.05) is 30.3 Å². The number of fused-ring (bicyclic) bond motifs is 1. The quantitative estimate of drug-likeness (QED) is 0.690. The molecule has 3 aliphatic rings. The van der Waals surface area contributed by atoms with Gasteiger partial charge in [0.05, 0.1) is 17.6 Å². The van der Waals surface area contributed by atoms with Gasteiger partial charge < -0.3 is 14.8 Å². The molecule has 6 heteroatoms. The first-order chi connectivity index (χ1) is 15.7. The summed E-state index contributed by atoms with van der Waals surface area (Å²) < 4.78 is 0. The van der Waals surface area contributed by atoms with Crippen LogP contribution < -0.4 is 4.90 Å². The van der Waals surface area contributed by atoms with Crippen molar-refractivity contribution >= 4 is 22.6 Å². The van der Waals surface area contributed by atoms with Crippen LogP contribution in [0.4, 0.5) is 5.69 Å². The van der Waals surface area contributed by atoms with Crippen molar-refractivity contribution in [3.63, 3.8) is 0 Å². The predicted molar refractivity (Wildman–Crippen MR) is 126 cm³/mol. The third kappa shape index (κ3) is 3.66. The molecule has 6 rings (SSSR count). The molecule has 166 valence electrons. The van der Waals surface area contributed by atoms with Crippen molar-refractivity contribution < 1.29 is 4.79 Å². The van der Waals surface area contributed by atoms with E-state index < -0.39 is 0 Å². The predicted octanol–water partition coefficient (Wildman–Crippen LogP) is 3.51. The summed E-state index contributed by atoms with van der Waals surface area (Å²) in [6.45, 7) is 6.54. The smallest absolute Gasteiger partial charge is 0.226 e. The molecule has 1 spiro atoms. The maximum Gasteiger partial charge on any atom is 0.226 e. The lowest BCUT2D eigenvalue weighted by molar-refractivity contribution is -0.134. The van der Waals surface area contributed by atoms with Crippen LogP contribution in [0.3, 0.4) is 0 Å². The molecule has 32 heavy (non-hydrogen) atoms. The Morgan fingerprint density at radius 1 is 0.938 bits per heavy atom. The summed E-state index contributed by atoms with van der Waals surface area (Å²) in [6, 6.07) is 18.8. The van der Waals surface area contributed by atoms with Gasteiger partial charge >= 0.3 is 0 Å². The van der Waals surface area contributed by atoms with Gasteiger partial charge in [-0.15, -0.1) is 0 Å². The number of piperazine rings is 1. The Morgan fingerprint density at radius 3 is 2.41 bits per heavy atom. The van der Waals surface area contributed by atoms with E-state index in [-0.39, 0.29) is 11.3 Å². The minimum absolute atomic E-state index is 0.249. The summed E-state index contributed by atoms with van der Waals surface area (Å²) in [5.41, 5.74) is 3.67. The molecular formula is C26H31N5O. The van der Waals surface area contributed by atoms with Gasteiger partial charge in [0, 0.05) is 37.8 Å². The fraction of sp³-hybridized carbons (Fsp3) is 0.462. The number of hydrogen-bond donors (Lipinski definition) is 1. The van der Waals surface area contributed by atoms with Crippen molar-refractivity contribution in [2.24, 2.45) is 11.3 Å². The maximum absolute atomic E-state index is 13.2. The highest BCUT2D eigenvalue weighted by atomic mass is 16.2. The number of nitrogens with zero attached hydrogens (tertiary/aromatic N) is 4. The third-order valence-electron chi connectivity index (χ3n) is 7.86. The monoisotopic (exact) mass is 429 g/mol. The highest BCUT2D eigenvalue weighted by Crippen LogP contribution is 2.60. The molecule has 2 aromatic carbocycles. The van der Waals surface area contributed by atoms with Crippen LogP contribution in [0, 0.1) is 11.3 Å². The number of aromatic nitrogens is 2. The van der Waals surface area contributed by atoms with Crippen LogP contribution in [0.2, 0.25) is 0 Å². The van der Waals surface area contributed by atoms with Crippen LogP contribution in [0.15, 0.2) is 54.6 Å². The largest absolute Gasteiger partial charge is 0.368 e. The summed E-state index contributed by atoms with van der Waals surface area (Å²) in [7, 11) is 0. The van der Waals surface area contributed by atoms with Crippen LogP contribution in [0.25, 0.3) is 11.0 Å². The highest BCUT2D eigenvalue weighted by molar-refractivity contribution is 5.83. The fourth-order valence-electron chi connectivity index (χ4n) is 5.74. The van der Waals surface area contributed by atoms with Crippen LogP contribution in [0.5, 0.6) is 0 Å². The zero-order valence-electron chi connectivity index (χ0n) is 18.5. The van der Waals surface area contributed by atoms with Gasteiger partial charge in [0.15, 0.2) is 0 Å². The van der Waals surface area contributed by atoms with Crippen molar-refractivity contribution in [3.05, 3.63) is 60.4 Å². The molecule has 2 saturated heterocycles. The summed E-state index contributed by atoms with van der Waals surface area (Å²) in [4.78, 5) is 28.4. The molecule has 0 radical (unpaired) electrons. The molecular weight excluding hydrogens is 398 g/mol. The van der Waals surface area contributed by atoms with Crippen molar-refractivity contribution in [1.82, 2.24) is 19.8 Å². The van der Waals surface area contributed by atoms with Crippen molar-refractivity contribution in [2.75, 3.05) is 44.2 Å². The zero-order valence-corrected chi connectivity index (χ0v) is 18.5. The molecule has 1 atom stereocenters. The highest BCUT2D eigenvalue weighted by Gasteiger charge is 2.59. The number of imidazole rings is 1. The van der Waals surface area contributed by atoms with Gasteiger partial charge in [0.2, 0.25) is 5.91 Å². The number of piperidine rings is 1. The van der Waals surface area contributed by atoms with E-state index in [0.29, 0.717) is 5.91 Å². The summed E-state index contributed by atoms with van der Waals surface area (Å²) in [6.07, 6.45) is 3.35. The van der Waals surface area contributed by atoms with E-state index in [1.54, 1.807) is 0 Å². The van der Waals surface area contributed by atoms with Gasteiger partial charge in [0.25, 0.3) is 0 Å². The summed E-state index contributed by atoms with van der Waals surface area (Å²) in [5.74, 6) is 1.70. The Bertz CT molecular complexity index is 1060. The van der Waals surface area contributed by atoms with E-state index in [0.717, 1.165) is 81.9 Å². The van der Waals surface area contributed by atoms with E-state index in [1.807, 2.05) is 12.1 Å². The lowest BCUT2D eigenvalue weighted by atomic mass is 9.90. The molecule has 1 saturated carbocycles. The zero-order chi connectivity index (χ0) is 21.5. The Hall–Kier alpha value is -2.86. The second-order valence-corrected chi connectivity index (χ2v) is 9.74. The topological polar surface area (TPSA) is 55.5 Å². The number of anilines is 1. The van der Waals surface area contributed by atoms with Crippen LogP contribution in [-0.4, -0.2) is 64.9 Å². The van der Waals surface area contributed by atoms with Crippen molar-refractivity contribution in [3.8, 4) is 0 Å². The lowest BCUT2D eigenvalue weighted by Crippen LogP contribution is -2.50. The lowest BCUT2D eigenvalue weighted by Gasteiger charge is -2.37. The third-order valence-corrected chi connectivity index (χ3v) is 7.86.